The van der Waals surface area contributed by atoms with Crippen LogP contribution in [0, 0.1) is 6.92 Å². The fourth-order valence-corrected chi connectivity index (χ4v) is 4.34. The molecule has 0 fully saturated rings. The predicted octanol–water partition coefficient (Wildman–Crippen LogP) is 3.32. The van der Waals surface area contributed by atoms with Crippen LogP contribution in [0.2, 0.25) is 0 Å². The Hall–Kier alpha value is -3.70. The molecule has 0 saturated carbocycles. The van der Waals surface area contributed by atoms with Crippen molar-refractivity contribution in [2.75, 3.05) is 22.6 Å². The number of anilines is 3. The zero-order valence-electron chi connectivity index (χ0n) is 18.8. The van der Waals surface area contributed by atoms with Gasteiger partial charge in [-0.1, -0.05) is 6.07 Å². The first-order valence-electron chi connectivity index (χ1n) is 10.9. The van der Waals surface area contributed by atoms with Crippen molar-refractivity contribution in [3.63, 3.8) is 0 Å². The number of hydrogen-bond donors (Lipinski definition) is 2. The van der Waals surface area contributed by atoms with Crippen molar-refractivity contribution < 1.29 is 18.0 Å². The largest absolute Gasteiger partial charge is 0.433 e. The fraction of sp³-hybridized carbons (Fsp3) is 0.409. The number of amides is 1. The predicted molar refractivity (Wildman–Crippen MR) is 119 cm³/mol. The molecule has 34 heavy (non-hydrogen) atoms. The Morgan fingerprint density at radius 2 is 2.03 bits per heavy atom. The van der Waals surface area contributed by atoms with Crippen molar-refractivity contribution in [1.29, 1.82) is 0 Å². The zero-order chi connectivity index (χ0) is 24.2. The van der Waals surface area contributed by atoms with Crippen LogP contribution in [-0.4, -0.2) is 43.7 Å². The number of rotatable bonds is 4. The van der Waals surface area contributed by atoms with E-state index in [9.17, 15) is 18.0 Å². The van der Waals surface area contributed by atoms with E-state index in [4.69, 9.17) is 0 Å². The molecule has 2 N–H and O–H groups in total. The number of aromatic nitrogens is 5. The topological polar surface area (TPSA) is 101 Å². The van der Waals surface area contributed by atoms with E-state index >= 15 is 0 Å². The van der Waals surface area contributed by atoms with Crippen molar-refractivity contribution in [2.45, 2.75) is 51.5 Å². The fourth-order valence-electron chi connectivity index (χ4n) is 4.34. The minimum Gasteiger partial charge on any atom is -0.347 e. The number of alkyl halides is 3. The molecule has 2 atom stereocenters. The summed E-state index contributed by atoms with van der Waals surface area (Å²) in [5, 5.41) is 10.7. The molecule has 9 nitrogen and oxygen atoms in total. The van der Waals surface area contributed by atoms with Crippen LogP contribution in [-0.2, 0) is 23.9 Å². The van der Waals surface area contributed by atoms with Gasteiger partial charge in [-0.15, -0.1) is 0 Å². The molecule has 1 aliphatic heterocycles. The molecular formula is C22H23F3N8O. The summed E-state index contributed by atoms with van der Waals surface area (Å²) < 4.78 is 40.1. The number of pyridine rings is 1. The lowest BCUT2D eigenvalue weighted by molar-refractivity contribution is -0.141. The van der Waals surface area contributed by atoms with Gasteiger partial charge >= 0.3 is 6.18 Å². The summed E-state index contributed by atoms with van der Waals surface area (Å²) in [6.07, 6.45) is 0.123. The molecule has 0 spiro atoms. The van der Waals surface area contributed by atoms with E-state index < -0.39 is 11.9 Å². The lowest BCUT2D eigenvalue weighted by Gasteiger charge is -2.32. The van der Waals surface area contributed by atoms with Crippen LogP contribution >= 0.6 is 0 Å². The normalized spacial score (nSPS) is 19.6. The molecule has 2 aliphatic rings. The number of halogens is 3. The van der Waals surface area contributed by atoms with E-state index in [1.54, 1.807) is 10.9 Å². The molecule has 0 radical (unpaired) electrons. The number of nitrogens with one attached hydrogen (secondary N) is 2. The van der Waals surface area contributed by atoms with Gasteiger partial charge in [-0.2, -0.15) is 23.3 Å². The van der Waals surface area contributed by atoms with Crippen molar-refractivity contribution in [2.24, 2.45) is 0 Å². The number of hydrogen-bond acceptors (Lipinski definition) is 7. The number of aryl methyl sites for hydroxylation is 1. The summed E-state index contributed by atoms with van der Waals surface area (Å²) in [5.74, 6) is 1.02. The molecule has 3 aromatic heterocycles. The zero-order valence-corrected chi connectivity index (χ0v) is 18.8. The van der Waals surface area contributed by atoms with Crippen LogP contribution in [0.5, 0.6) is 0 Å². The highest BCUT2D eigenvalue weighted by molar-refractivity contribution is 6.03. The van der Waals surface area contributed by atoms with Crippen molar-refractivity contribution in [1.82, 2.24) is 24.7 Å². The third-order valence-electron chi connectivity index (χ3n) is 6.39. The molecule has 0 aromatic carbocycles. The number of fused-ring (bicyclic) bond motifs is 2. The van der Waals surface area contributed by atoms with Gasteiger partial charge in [0.1, 0.15) is 17.4 Å². The Balaban J connectivity index is 1.34. The number of nitrogens with zero attached hydrogens (tertiary/aromatic N) is 6. The Bertz CT molecular complexity index is 1250. The second-order valence-electron chi connectivity index (χ2n) is 8.60. The molecule has 4 heterocycles. The molecule has 0 bridgehead atoms. The third-order valence-corrected chi connectivity index (χ3v) is 6.39. The monoisotopic (exact) mass is 472 g/mol. The molecule has 5 rings (SSSR count). The first kappa shape index (κ1) is 22.1. The smallest absolute Gasteiger partial charge is 0.347 e. The van der Waals surface area contributed by atoms with E-state index in [1.807, 2.05) is 25.8 Å². The average molecular weight is 472 g/mol. The maximum absolute atomic E-state index is 12.8. The third kappa shape index (κ3) is 3.82. The maximum atomic E-state index is 12.8. The van der Waals surface area contributed by atoms with Crippen LogP contribution in [0.15, 0.2) is 24.5 Å². The van der Waals surface area contributed by atoms with Gasteiger partial charge in [0.15, 0.2) is 5.82 Å². The van der Waals surface area contributed by atoms with E-state index in [-0.39, 0.29) is 18.0 Å². The Kier molecular flexibility index (Phi) is 5.18. The highest BCUT2D eigenvalue weighted by Crippen LogP contribution is 2.36. The van der Waals surface area contributed by atoms with Gasteiger partial charge in [0.25, 0.3) is 0 Å². The van der Waals surface area contributed by atoms with Crippen LogP contribution in [0.3, 0.4) is 0 Å². The van der Waals surface area contributed by atoms with Crippen LogP contribution in [0.4, 0.5) is 30.6 Å². The number of carbonyl (C=O) groups excluding carboxylic acids is 1. The Morgan fingerprint density at radius 1 is 1.24 bits per heavy atom. The molecule has 0 unspecified atom stereocenters. The number of likely N-dealkylation sites (N-methyl/N-ethyl adjacent to an activating group) is 1. The summed E-state index contributed by atoms with van der Waals surface area (Å²) >= 11 is 0. The summed E-state index contributed by atoms with van der Waals surface area (Å²) in [4.78, 5) is 26.6. The van der Waals surface area contributed by atoms with E-state index in [1.165, 1.54) is 12.3 Å². The summed E-state index contributed by atoms with van der Waals surface area (Å²) in [7, 11) is 1.83. The van der Waals surface area contributed by atoms with Gasteiger partial charge in [-0.05, 0) is 38.3 Å². The Morgan fingerprint density at radius 3 is 2.74 bits per heavy atom. The van der Waals surface area contributed by atoms with Crippen molar-refractivity contribution in [3.8, 4) is 0 Å². The van der Waals surface area contributed by atoms with E-state index in [0.717, 1.165) is 30.2 Å². The summed E-state index contributed by atoms with van der Waals surface area (Å²) in [6.45, 7) is 3.97. The Labute approximate surface area is 193 Å². The van der Waals surface area contributed by atoms with Crippen molar-refractivity contribution in [3.05, 3.63) is 52.7 Å². The molecule has 178 valence electrons. The minimum absolute atomic E-state index is 0.0483. The van der Waals surface area contributed by atoms with Crippen LogP contribution < -0.4 is 15.5 Å². The molecule has 12 heteroatoms. The SMILES string of the molecule is Cc1nc(N[C@H]2CCc3c2cnn3Cc2ccc(C(F)(F)F)nc2)nc2c1NC(=O)[C@H](C)N2C. The quantitative estimate of drug-likeness (QED) is 0.601. The molecular weight excluding hydrogens is 449 g/mol. The lowest BCUT2D eigenvalue weighted by Crippen LogP contribution is -2.44. The van der Waals surface area contributed by atoms with Gasteiger partial charge in [0.2, 0.25) is 11.9 Å². The lowest BCUT2D eigenvalue weighted by atomic mass is 10.1. The van der Waals surface area contributed by atoms with Gasteiger partial charge in [0.05, 0.1) is 24.5 Å². The second kappa shape index (κ2) is 7.96. The summed E-state index contributed by atoms with van der Waals surface area (Å²) in [6, 6.07) is 2.02. The second-order valence-corrected chi connectivity index (χ2v) is 8.60. The molecule has 0 saturated heterocycles. The number of carbonyl (C=O) groups is 1. The van der Waals surface area contributed by atoms with Gasteiger partial charge in [-0.3, -0.25) is 14.5 Å². The summed E-state index contributed by atoms with van der Waals surface area (Å²) in [5.41, 5.74) is 3.04. The average Bonchev–Trinajstić information content (AvgIpc) is 3.36. The van der Waals surface area contributed by atoms with Gasteiger partial charge in [-0.25, -0.2) is 4.98 Å². The first-order valence-corrected chi connectivity index (χ1v) is 10.9. The van der Waals surface area contributed by atoms with Crippen molar-refractivity contribution >= 4 is 23.4 Å². The molecule has 1 amide bonds. The van der Waals surface area contributed by atoms with E-state index in [0.29, 0.717) is 35.3 Å². The molecule has 1 aliphatic carbocycles. The maximum Gasteiger partial charge on any atom is 0.433 e. The highest BCUT2D eigenvalue weighted by atomic mass is 19.4. The first-order chi connectivity index (χ1) is 16.1. The van der Waals surface area contributed by atoms with Crippen LogP contribution in [0.25, 0.3) is 0 Å². The highest BCUT2D eigenvalue weighted by Gasteiger charge is 2.33. The molecule has 3 aromatic rings. The van der Waals surface area contributed by atoms with Gasteiger partial charge in [0, 0.05) is 24.5 Å². The van der Waals surface area contributed by atoms with E-state index in [2.05, 4.69) is 30.7 Å². The standard InChI is InChI=1S/C22H23F3N8O/c1-11-18-19(32(3)12(2)20(34)30-18)31-21(28-11)29-15-5-6-16-14(15)9-27-33(16)10-13-4-7-17(26-8-13)22(23,24)25/h4,7-9,12,15H,5-6,10H2,1-3H3,(H,30,34)(H,28,29,31)/t12-,15-/m0/s1. The minimum atomic E-state index is -4.46. The van der Waals surface area contributed by atoms with Gasteiger partial charge < -0.3 is 15.5 Å². The van der Waals surface area contributed by atoms with Crippen LogP contribution in [0.1, 0.15) is 47.6 Å².